The van der Waals surface area contributed by atoms with Crippen LogP contribution in [-0.4, -0.2) is 44.6 Å². The molecule has 3 aromatic heterocycles. The average Bonchev–Trinajstić information content (AvgIpc) is 3.44. The molecule has 1 aromatic carbocycles. The third-order valence-corrected chi connectivity index (χ3v) is 5.48. The molecule has 0 aliphatic carbocycles. The molecule has 35 heavy (non-hydrogen) atoms. The van der Waals surface area contributed by atoms with Crippen LogP contribution in [0.4, 0.5) is 18.9 Å². The van der Waals surface area contributed by atoms with E-state index in [1.165, 1.54) is 29.4 Å². The van der Waals surface area contributed by atoms with E-state index in [9.17, 15) is 22.8 Å². The van der Waals surface area contributed by atoms with E-state index in [-0.39, 0.29) is 17.8 Å². The van der Waals surface area contributed by atoms with Crippen LogP contribution in [0, 0.1) is 6.92 Å². The molecule has 4 rings (SSSR count). The van der Waals surface area contributed by atoms with Gasteiger partial charge in [0.05, 0.1) is 34.2 Å². The molecule has 0 aliphatic heterocycles. The molecule has 3 heterocycles. The highest BCUT2D eigenvalue weighted by atomic mass is 19.4. The van der Waals surface area contributed by atoms with Crippen LogP contribution < -0.4 is 5.32 Å². The highest BCUT2D eigenvalue weighted by Gasteiger charge is 2.34. The van der Waals surface area contributed by atoms with Crippen LogP contribution in [0.2, 0.25) is 0 Å². The van der Waals surface area contributed by atoms with E-state index in [1.807, 2.05) is 0 Å². The first-order chi connectivity index (χ1) is 16.6. The van der Waals surface area contributed by atoms with Crippen molar-refractivity contribution >= 4 is 28.5 Å². The van der Waals surface area contributed by atoms with Crippen LogP contribution in [0.25, 0.3) is 22.5 Å². The minimum absolute atomic E-state index is 0.145. The highest BCUT2D eigenvalue weighted by molar-refractivity contribution is 6.08. The number of pyridine rings is 1. The molecule has 0 saturated carbocycles. The highest BCUT2D eigenvalue weighted by Crippen LogP contribution is 2.34. The van der Waals surface area contributed by atoms with Crippen molar-refractivity contribution in [3.8, 4) is 11.5 Å². The quantitative estimate of drug-likeness (QED) is 0.429. The minimum Gasteiger partial charge on any atom is -0.463 e. The largest absolute Gasteiger partial charge is 0.463 e. The molecular weight excluding hydrogens is 463 g/mol. The fourth-order valence-corrected chi connectivity index (χ4v) is 3.86. The Balaban J connectivity index is 1.66. The number of carbonyl (C=O) groups is 2. The van der Waals surface area contributed by atoms with Gasteiger partial charge in [0.1, 0.15) is 12.2 Å². The van der Waals surface area contributed by atoms with Gasteiger partial charge in [-0.3, -0.25) is 14.3 Å². The number of alkyl halides is 3. The zero-order valence-corrected chi connectivity index (χ0v) is 19.2. The van der Waals surface area contributed by atoms with Crippen molar-refractivity contribution in [3.63, 3.8) is 0 Å². The van der Waals surface area contributed by atoms with Gasteiger partial charge in [0.25, 0.3) is 5.91 Å². The third kappa shape index (κ3) is 4.75. The summed E-state index contributed by atoms with van der Waals surface area (Å²) in [6.45, 7) is 3.12. The van der Waals surface area contributed by atoms with Crippen LogP contribution in [0.5, 0.6) is 0 Å². The lowest BCUT2D eigenvalue weighted by molar-refractivity contribution is -0.137. The van der Waals surface area contributed by atoms with Crippen LogP contribution >= 0.6 is 0 Å². The molecule has 0 atom stereocenters. The number of amides is 2. The molecule has 0 bridgehead atoms. The van der Waals surface area contributed by atoms with Crippen LogP contribution in [0.15, 0.2) is 53.1 Å². The Morgan fingerprint density at radius 3 is 2.57 bits per heavy atom. The van der Waals surface area contributed by atoms with Crippen LogP contribution in [0.3, 0.4) is 0 Å². The summed E-state index contributed by atoms with van der Waals surface area (Å²) in [5.41, 5.74) is 0.366. The Morgan fingerprint density at radius 2 is 1.91 bits per heavy atom. The maximum absolute atomic E-state index is 13.6. The van der Waals surface area contributed by atoms with Crippen molar-refractivity contribution in [1.82, 2.24) is 19.7 Å². The van der Waals surface area contributed by atoms with E-state index in [4.69, 9.17) is 4.42 Å². The molecule has 1 N–H and O–H groups in total. The summed E-state index contributed by atoms with van der Waals surface area (Å²) in [7, 11) is 1.70. The Kier molecular flexibility index (Phi) is 6.33. The number of furan rings is 1. The van der Waals surface area contributed by atoms with Crippen molar-refractivity contribution in [2.24, 2.45) is 7.05 Å². The summed E-state index contributed by atoms with van der Waals surface area (Å²) in [6.07, 6.45) is -3.15. The van der Waals surface area contributed by atoms with Crippen molar-refractivity contribution in [3.05, 3.63) is 65.5 Å². The second-order valence-corrected chi connectivity index (χ2v) is 7.85. The number of anilines is 1. The van der Waals surface area contributed by atoms with Crippen LogP contribution in [-0.2, 0) is 18.0 Å². The molecule has 8 nitrogen and oxygen atoms in total. The summed E-state index contributed by atoms with van der Waals surface area (Å²) in [5.74, 6) is -0.788. The summed E-state index contributed by atoms with van der Waals surface area (Å²) in [5, 5.41) is 7.16. The van der Waals surface area contributed by atoms with Crippen molar-refractivity contribution in [1.29, 1.82) is 0 Å². The minimum atomic E-state index is -4.63. The molecule has 0 saturated heterocycles. The van der Waals surface area contributed by atoms with E-state index in [1.54, 1.807) is 43.8 Å². The summed E-state index contributed by atoms with van der Waals surface area (Å²) < 4.78 is 46.8. The first-order valence-corrected chi connectivity index (χ1v) is 10.7. The predicted molar refractivity (Wildman–Crippen MR) is 123 cm³/mol. The summed E-state index contributed by atoms with van der Waals surface area (Å²) in [6, 6.07) is 9.64. The third-order valence-electron chi connectivity index (χ3n) is 5.48. The van der Waals surface area contributed by atoms with Gasteiger partial charge in [-0.25, -0.2) is 4.98 Å². The Bertz CT molecular complexity index is 1390. The fraction of sp³-hybridized carbons (Fsp3) is 0.250. The number of para-hydroxylation sites is 1. The number of carbonyl (C=O) groups excluding carboxylic acids is 2. The van der Waals surface area contributed by atoms with Crippen molar-refractivity contribution in [2.75, 3.05) is 18.4 Å². The summed E-state index contributed by atoms with van der Waals surface area (Å²) in [4.78, 5) is 32.0. The Morgan fingerprint density at radius 1 is 1.17 bits per heavy atom. The lowest BCUT2D eigenvalue weighted by Gasteiger charge is -2.22. The monoisotopic (exact) mass is 485 g/mol. The zero-order chi connectivity index (χ0) is 25.3. The molecule has 2 amide bonds. The standard InChI is InChI=1S/C24H22F3N5O3/c1-4-32(13-20(33)28-17-9-6-5-8-16(17)24(25,26)27)23(34)15-12-18(19-10-7-11-35-19)29-22-21(15)14(2)30-31(22)3/h5-12H,4,13H2,1-3H3,(H,28,33). The van der Waals surface area contributed by atoms with Gasteiger partial charge in [-0.2, -0.15) is 18.3 Å². The van der Waals surface area contributed by atoms with Gasteiger partial charge in [0.2, 0.25) is 5.91 Å². The molecule has 182 valence electrons. The number of likely N-dealkylation sites (N-methyl/N-ethyl adjacent to an activating group) is 1. The zero-order valence-electron chi connectivity index (χ0n) is 19.2. The van der Waals surface area contributed by atoms with Crippen LogP contribution in [0.1, 0.15) is 28.5 Å². The number of nitrogens with zero attached hydrogens (tertiary/aromatic N) is 4. The number of benzene rings is 1. The predicted octanol–water partition coefficient (Wildman–Crippen LogP) is 4.66. The van der Waals surface area contributed by atoms with Gasteiger partial charge < -0.3 is 14.6 Å². The number of hydrogen-bond acceptors (Lipinski definition) is 5. The van der Waals surface area contributed by atoms with Gasteiger partial charge in [0, 0.05) is 13.6 Å². The van der Waals surface area contributed by atoms with Gasteiger partial charge in [0.15, 0.2) is 11.4 Å². The normalized spacial score (nSPS) is 11.6. The number of aromatic nitrogens is 3. The second-order valence-electron chi connectivity index (χ2n) is 7.85. The average molecular weight is 485 g/mol. The molecule has 11 heteroatoms. The topological polar surface area (TPSA) is 93.3 Å². The number of rotatable bonds is 6. The second kappa shape index (κ2) is 9.24. The number of hydrogen-bond donors (Lipinski definition) is 1. The van der Waals surface area contributed by atoms with Gasteiger partial charge in [-0.05, 0) is 44.2 Å². The van der Waals surface area contributed by atoms with Crippen molar-refractivity contribution < 1.29 is 27.2 Å². The molecule has 0 radical (unpaired) electrons. The van der Waals surface area contributed by atoms with E-state index < -0.39 is 30.1 Å². The molecule has 0 fully saturated rings. The first kappa shape index (κ1) is 24.0. The molecule has 0 spiro atoms. The Hall–Kier alpha value is -4.15. The summed E-state index contributed by atoms with van der Waals surface area (Å²) >= 11 is 0. The molecule has 0 unspecified atom stereocenters. The number of halogens is 3. The lowest BCUT2D eigenvalue weighted by Crippen LogP contribution is -2.38. The van der Waals surface area contributed by atoms with E-state index in [0.717, 1.165) is 6.07 Å². The molecule has 4 aromatic rings. The lowest BCUT2D eigenvalue weighted by atomic mass is 10.1. The first-order valence-electron chi connectivity index (χ1n) is 10.7. The maximum atomic E-state index is 13.6. The van der Waals surface area contributed by atoms with Gasteiger partial charge in [-0.15, -0.1) is 0 Å². The van der Waals surface area contributed by atoms with Gasteiger partial charge >= 0.3 is 6.18 Å². The SMILES string of the molecule is CCN(CC(=O)Nc1ccccc1C(F)(F)F)C(=O)c1cc(-c2ccco2)nc2c1c(C)nn2C. The molecule has 0 aliphatic rings. The molecular formula is C24H22F3N5O3. The number of aryl methyl sites for hydroxylation is 2. The van der Waals surface area contributed by atoms with E-state index in [2.05, 4.69) is 15.4 Å². The Labute approximate surface area is 198 Å². The van der Waals surface area contributed by atoms with E-state index >= 15 is 0 Å². The number of fused-ring (bicyclic) bond motifs is 1. The van der Waals surface area contributed by atoms with Crippen molar-refractivity contribution in [2.45, 2.75) is 20.0 Å². The smallest absolute Gasteiger partial charge is 0.418 e. The number of nitrogens with one attached hydrogen (secondary N) is 1. The fourth-order valence-electron chi connectivity index (χ4n) is 3.86. The van der Waals surface area contributed by atoms with Gasteiger partial charge in [-0.1, -0.05) is 12.1 Å². The van der Waals surface area contributed by atoms with E-state index in [0.29, 0.717) is 28.2 Å². The maximum Gasteiger partial charge on any atom is 0.418 e.